The standard InChI is InChI=1S/C31H32N4/c1-3-18-32-19-9-12-24-11-4-5-13-25-16-17-26(22-27(25)21-24)31-30(28-14-8-10-23(2)33-28)34-29-15-6-7-20-35(29)31/h4-8,10-11,13-17,20-22,32H,3,9,12,18-19H2,1-2H3/b5-4+,11-4?,13-5?,24-11?,24-21?,25-13+,27-21?. The summed E-state index contributed by atoms with van der Waals surface area (Å²) in [4.78, 5) is 9.77. The monoisotopic (exact) mass is 460 g/mol. The van der Waals surface area contributed by atoms with Gasteiger partial charge in [0.1, 0.15) is 11.3 Å². The largest absolute Gasteiger partial charge is 0.317 e. The molecule has 0 amide bonds. The van der Waals surface area contributed by atoms with Gasteiger partial charge in [-0.05, 0) is 85.6 Å². The van der Waals surface area contributed by atoms with Crippen LogP contribution in [0.4, 0.5) is 0 Å². The Labute approximate surface area is 207 Å². The fourth-order valence-electron chi connectivity index (χ4n) is 4.59. The molecular weight excluding hydrogens is 428 g/mol. The molecule has 0 radical (unpaired) electrons. The number of rotatable bonds is 8. The van der Waals surface area contributed by atoms with Crippen molar-refractivity contribution in [3.05, 3.63) is 101 Å². The lowest BCUT2D eigenvalue weighted by molar-refractivity contribution is 0.642. The topological polar surface area (TPSA) is 42.2 Å². The second-order valence-corrected chi connectivity index (χ2v) is 9.04. The highest BCUT2D eigenvalue weighted by molar-refractivity contribution is 5.81. The molecule has 3 heterocycles. The van der Waals surface area contributed by atoms with Crippen LogP contribution in [0.1, 0.15) is 31.9 Å². The van der Waals surface area contributed by atoms with Gasteiger partial charge in [-0.2, -0.15) is 0 Å². The van der Waals surface area contributed by atoms with Gasteiger partial charge in [0.05, 0.1) is 11.4 Å². The second-order valence-electron chi connectivity index (χ2n) is 9.04. The van der Waals surface area contributed by atoms with E-state index in [4.69, 9.17) is 9.97 Å². The van der Waals surface area contributed by atoms with Crippen molar-refractivity contribution in [3.8, 4) is 22.6 Å². The number of hydrogen-bond acceptors (Lipinski definition) is 3. The highest BCUT2D eigenvalue weighted by atomic mass is 15.0. The second kappa shape index (κ2) is 10.7. The average Bonchev–Trinajstić information content (AvgIpc) is 3.25. The Hall–Kier alpha value is -3.76. The summed E-state index contributed by atoms with van der Waals surface area (Å²) < 4.78 is 2.17. The Morgan fingerprint density at radius 1 is 0.886 bits per heavy atom. The summed E-state index contributed by atoms with van der Waals surface area (Å²) in [5.74, 6) is 0. The van der Waals surface area contributed by atoms with Crippen molar-refractivity contribution >= 4 is 17.8 Å². The maximum Gasteiger partial charge on any atom is 0.138 e. The first kappa shape index (κ1) is 23.0. The van der Waals surface area contributed by atoms with Crippen molar-refractivity contribution < 1.29 is 0 Å². The first-order chi connectivity index (χ1) is 17.2. The zero-order chi connectivity index (χ0) is 24.0. The van der Waals surface area contributed by atoms with Crippen molar-refractivity contribution in [3.63, 3.8) is 0 Å². The molecule has 3 aromatic heterocycles. The fraction of sp³-hybridized carbons (Fsp3) is 0.226. The summed E-state index contributed by atoms with van der Waals surface area (Å²) in [6.07, 6.45) is 16.5. The van der Waals surface area contributed by atoms with Gasteiger partial charge in [-0.3, -0.25) is 9.38 Å². The molecule has 5 rings (SSSR count). The van der Waals surface area contributed by atoms with E-state index in [1.807, 2.05) is 31.2 Å². The lowest BCUT2D eigenvalue weighted by Gasteiger charge is -2.08. The van der Waals surface area contributed by atoms with Crippen molar-refractivity contribution in [2.75, 3.05) is 13.1 Å². The van der Waals surface area contributed by atoms with E-state index in [-0.39, 0.29) is 0 Å². The van der Waals surface area contributed by atoms with Gasteiger partial charge >= 0.3 is 0 Å². The smallest absolute Gasteiger partial charge is 0.138 e. The van der Waals surface area contributed by atoms with Crippen LogP contribution in [0.5, 0.6) is 0 Å². The number of aryl methyl sites for hydroxylation is 1. The lowest BCUT2D eigenvalue weighted by Crippen LogP contribution is -2.25. The third-order valence-corrected chi connectivity index (χ3v) is 6.30. The summed E-state index contributed by atoms with van der Waals surface area (Å²) >= 11 is 0. The number of nitrogens with zero attached hydrogens (tertiary/aromatic N) is 3. The van der Waals surface area contributed by atoms with Crippen molar-refractivity contribution in [2.24, 2.45) is 0 Å². The van der Waals surface area contributed by atoms with Gasteiger partial charge in [-0.25, -0.2) is 4.98 Å². The van der Waals surface area contributed by atoms with Gasteiger partial charge in [0.15, 0.2) is 0 Å². The van der Waals surface area contributed by atoms with Gasteiger partial charge in [-0.1, -0.05) is 61.6 Å². The highest BCUT2D eigenvalue weighted by Crippen LogP contribution is 2.31. The van der Waals surface area contributed by atoms with Crippen LogP contribution in [0.3, 0.4) is 0 Å². The molecule has 176 valence electrons. The molecule has 4 nitrogen and oxygen atoms in total. The van der Waals surface area contributed by atoms with Crippen LogP contribution < -0.4 is 15.8 Å². The van der Waals surface area contributed by atoms with Gasteiger partial charge in [0.25, 0.3) is 0 Å². The van der Waals surface area contributed by atoms with E-state index < -0.39 is 0 Å². The van der Waals surface area contributed by atoms with Crippen molar-refractivity contribution in [2.45, 2.75) is 33.1 Å². The summed E-state index contributed by atoms with van der Waals surface area (Å²) in [6.45, 7) is 6.37. The third-order valence-electron chi connectivity index (χ3n) is 6.30. The van der Waals surface area contributed by atoms with E-state index in [2.05, 4.69) is 83.5 Å². The lowest BCUT2D eigenvalue weighted by atomic mass is 10.0. The molecule has 0 saturated heterocycles. The summed E-state index contributed by atoms with van der Waals surface area (Å²) in [6, 6.07) is 19.0. The highest BCUT2D eigenvalue weighted by Gasteiger charge is 2.17. The van der Waals surface area contributed by atoms with Crippen molar-refractivity contribution in [1.82, 2.24) is 19.7 Å². The fourth-order valence-corrected chi connectivity index (χ4v) is 4.59. The number of benzene rings is 1. The van der Waals surface area contributed by atoms with E-state index in [1.54, 1.807) is 0 Å². The van der Waals surface area contributed by atoms with E-state index in [0.717, 1.165) is 59.9 Å². The first-order valence-electron chi connectivity index (χ1n) is 12.5. The molecule has 0 spiro atoms. The number of pyridine rings is 2. The maximum absolute atomic E-state index is 4.98. The molecular formula is C31H32N4. The van der Waals surface area contributed by atoms with Crippen LogP contribution in [0.15, 0.2) is 84.6 Å². The molecule has 4 aromatic rings. The van der Waals surface area contributed by atoms with Gasteiger partial charge in [0.2, 0.25) is 0 Å². The molecule has 0 saturated carbocycles. The van der Waals surface area contributed by atoms with Crippen LogP contribution in [-0.4, -0.2) is 27.5 Å². The number of imidazole rings is 1. The Morgan fingerprint density at radius 2 is 1.80 bits per heavy atom. The number of fused-ring (bicyclic) bond motifs is 2. The Kier molecular flexibility index (Phi) is 7.01. The van der Waals surface area contributed by atoms with Gasteiger partial charge < -0.3 is 5.32 Å². The van der Waals surface area contributed by atoms with E-state index in [0.29, 0.717) is 0 Å². The Bertz CT molecular complexity index is 1520. The molecule has 35 heavy (non-hydrogen) atoms. The molecule has 0 atom stereocenters. The van der Waals surface area contributed by atoms with Crippen LogP contribution >= 0.6 is 0 Å². The molecule has 1 aliphatic carbocycles. The number of allylic oxidation sites excluding steroid dienone is 4. The molecule has 0 aliphatic heterocycles. The average molecular weight is 461 g/mol. The number of aromatic nitrogens is 3. The predicted octanol–water partition coefficient (Wildman–Crippen LogP) is 5.21. The van der Waals surface area contributed by atoms with Crippen LogP contribution in [0, 0.1) is 6.92 Å². The third kappa shape index (κ3) is 5.18. The predicted molar refractivity (Wildman–Crippen MR) is 146 cm³/mol. The van der Waals surface area contributed by atoms with E-state index in [1.165, 1.54) is 22.4 Å². The van der Waals surface area contributed by atoms with E-state index >= 15 is 0 Å². The Morgan fingerprint density at radius 3 is 2.69 bits per heavy atom. The molecule has 1 aromatic carbocycles. The molecule has 1 N–H and O–H groups in total. The van der Waals surface area contributed by atoms with Crippen LogP contribution in [0.25, 0.3) is 40.4 Å². The minimum absolute atomic E-state index is 0.897. The van der Waals surface area contributed by atoms with E-state index in [9.17, 15) is 0 Å². The zero-order valence-corrected chi connectivity index (χ0v) is 20.5. The molecule has 1 aliphatic rings. The summed E-state index contributed by atoms with van der Waals surface area (Å²) in [5, 5.41) is 5.97. The molecule has 0 fully saturated rings. The zero-order valence-electron chi connectivity index (χ0n) is 20.5. The number of nitrogens with one attached hydrogen (secondary N) is 1. The maximum atomic E-state index is 4.98. The van der Waals surface area contributed by atoms with Gasteiger partial charge in [0, 0.05) is 17.5 Å². The molecule has 4 heteroatoms. The quantitative estimate of drug-likeness (QED) is 0.367. The first-order valence-corrected chi connectivity index (χ1v) is 12.5. The van der Waals surface area contributed by atoms with Crippen molar-refractivity contribution in [1.29, 1.82) is 0 Å². The minimum atomic E-state index is 0.897. The summed E-state index contributed by atoms with van der Waals surface area (Å²) in [5.41, 5.74) is 7.28. The normalized spacial score (nSPS) is 14.8. The number of hydrogen-bond donors (Lipinski definition) is 1. The van der Waals surface area contributed by atoms with Gasteiger partial charge in [-0.15, -0.1) is 0 Å². The Balaban J connectivity index is 1.60. The SMILES string of the molecule is CCCNCCCC1=C/C=C/C=c2\ccc(-c3c(-c4cccc(C)n4)nc4ccccn34)cc2=C1. The van der Waals surface area contributed by atoms with Crippen LogP contribution in [-0.2, 0) is 0 Å². The molecule has 0 bridgehead atoms. The van der Waals surface area contributed by atoms with Crippen LogP contribution in [0.2, 0.25) is 0 Å². The minimum Gasteiger partial charge on any atom is -0.317 e. The summed E-state index contributed by atoms with van der Waals surface area (Å²) in [7, 11) is 0. The molecule has 0 unspecified atom stereocenters.